The Labute approximate surface area is 121 Å². The molecule has 3 nitrogen and oxygen atoms in total. The maximum absolute atomic E-state index is 4.87. The van der Waals surface area contributed by atoms with E-state index in [1.165, 1.54) is 44.2 Å². The van der Waals surface area contributed by atoms with E-state index in [4.69, 9.17) is 4.98 Å². The largest absolute Gasteiger partial charge is 0.314 e. The van der Waals surface area contributed by atoms with Gasteiger partial charge in [-0.25, -0.2) is 9.97 Å². The monoisotopic (exact) mass is 271 g/mol. The van der Waals surface area contributed by atoms with Crippen molar-refractivity contribution in [3.8, 4) is 0 Å². The Bertz CT molecular complexity index is 488. The summed E-state index contributed by atoms with van der Waals surface area (Å²) in [5.74, 6) is 3.88. The summed E-state index contributed by atoms with van der Waals surface area (Å²) in [6.07, 6.45) is 8.63. The molecule has 5 rings (SSSR count). The van der Waals surface area contributed by atoms with Gasteiger partial charge >= 0.3 is 0 Å². The third-order valence-electron chi connectivity index (χ3n) is 5.83. The van der Waals surface area contributed by atoms with E-state index < -0.39 is 0 Å². The van der Waals surface area contributed by atoms with Gasteiger partial charge in [-0.05, 0) is 76.3 Å². The van der Waals surface area contributed by atoms with E-state index >= 15 is 0 Å². The van der Waals surface area contributed by atoms with Gasteiger partial charge in [-0.3, -0.25) is 0 Å². The molecule has 4 saturated carbocycles. The Balaban J connectivity index is 1.73. The van der Waals surface area contributed by atoms with E-state index in [0.717, 1.165) is 35.8 Å². The van der Waals surface area contributed by atoms with Gasteiger partial charge in [0.25, 0.3) is 0 Å². The van der Waals surface area contributed by atoms with Crippen LogP contribution >= 0.6 is 0 Å². The first-order chi connectivity index (χ1) is 9.67. The molecule has 4 fully saturated rings. The van der Waals surface area contributed by atoms with Crippen LogP contribution < -0.4 is 5.32 Å². The molecule has 1 aromatic rings. The predicted octanol–water partition coefficient (Wildman–Crippen LogP) is 2.97. The molecule has 20 heavy (non-hydrogen) atoms. The van der Waals surface area contributed by atoms with Crippen LogP contribution in [0.25, 0.3) is 0 Å². The minimum atomic E-state index is 0.394. The summed E-state index contributed by atoms with van der Waals surface area (Å²) in [5.41, 5.74) is 2.91. The van der Waals surface area contributed by atoms with E-state index in [-0.39, 0.29) is 0 Å². The second-order valence-electron chi connectivity index (χ2n) is 7.52. The molecule has 0 unspecified atom stereocenters. The summed E-state index contributed by atoms with van der Waals surface area (Å²) in [5, 5.41) is 3.22. The number of aromatic nitrogens is 2. The van der Waals surface area contributed by atoms with Gasteiger partial charge in [0.2, 0.25) is 0 Å². The minimum Gasteiger partial charge on any atom is -0.314 e. The first-order valence-corrected chi connectivity index (χ1v) is 8.16. The number of nitrogens with zero attached hydrogens (tertiary/aromatic N) is 2. The molecule has 4 bridgehead atoms. The van der Waals surface area contributed by atoms with Gasteiger partial charge in [0.1, 0.15) is 5.82 Å². The third-order valence-corrected chi connectivity index (χ3v) is 5.83. The molecule has 0 spiro atoms. The summed E-state index contributed by atoms with van der Waals surface area (Å²) in [7, 11) is 1.99. The lowest BCUT2D eigenvalue weighted by Gasteiger charge is -2.56. The minimum absolute atomic E-state index is 0.394. The second kappa shape index (κ2) is 4.52. The summed E-state index contributed by atoms with van der Waals surface area (Å²) in [6.45, 7) is 2.89. The quantitative estimate of drug-likeness (QED) is 0.918. The summed E-state index contributed by atoms with van der Waals surface area (Å²) >= 11 is 0. The molecule has 0 amide bonds. The Morgan fingerprint density at radius 2 is 1.70 bits per heavy atom. The Morgan fingerprint density at radius 1 is 1.10 bits per heavy atom. The molecule has 0 aromatic carbocycles. The van der Waals surface area contributed by atoms with Crippen molar-refractivity contribution in [1.82, 2.24) is 15.3 Å². The molecule has 4 aliphatic carbocycles. The van der Waals surface area contributed by atoms with Crippen molar-refractivity contribution in [1.29, 1.82) is 0 Å². The summed E-state index contributed by atoms with van der Waals surface area (Å²) in [6, 6.07) is 2.29. The van der Waals surface area contributed by atoms with E-state index in [1.807, 2.05) is 14.0 Å². The molecule has 0 aliphatic heterocycles. The highest BCUT2D eigenvalue weighted by atomic mass is 14.9. The van der Waals surface area contributed by atoms with Crippen molar-refractivity contribution in [3.05, 3.63) is 23.3 Å². The Hall–Kier alpha value is -0.960. The van der Waals surface area contributed by atoms with Crippen molar-refractivity contribution in [2.45, 2.75) is 57.4 Å². The highest BCUT2D eigenvalue weighted by Crippen LogP contribution is 2.60. The van der Waals surface area contributed by atoms with Crippen LogP contribution in [0.4, 0.5) is 0 Å². The van der Waals surface area contributed by atoms with Gasteiger partial charge in [-0.1, -0.05) is 0 Å². The SMILES string of the molecule is CNCc1cc(C23CC4CC(CC(C4)C2)C3)nc(C)n1. The lowest BCUT2D eigenvalue weighted by molar-refractivity contribution is -0.00738. The third kappa shape index (κ3) is 1.98. The normalized spacial score (nSPS) is 38.4. The number of aryl methyl sites for hydroxylation is 1. The van der Waals surface area contributed by atoms with Gasteiger partial charge in [0, 0.05) is 12.0 Å². The number of nitrogens with one attached hydrogen (secondary N) is 1. The van der Waals surface area contributed by atoms with Crippen molar-refractivity contribution in [3.63, 3.8) is 0 Å². The van der Waals surface area contributed by atoms with E-state index in [0.29, 0.717) is 5.41 Å². The maximum atomic E-state index is 4.87. The van der Waals surface area contributed by atoms with Crippen LogP contribution in [0.5, 0.6) is 0 Å². The Morgan fingerprint density at radius 3 is 2.25 bits per heavy atom. The molecular weight excluding hydrogens is 246 g/mol. The number of hydrogen-bond acceptors (Lipinski definition) is 3. The average Bonchev–Trinajstić information content (AvgIpc) is 2.36. The fourth-order valence-corrected chi connectivity index (χ4v) is 5.60. The molecular formula is C17H25N3. The van der Waals surface area contributed by atoms with Gasteiger partial charge < -0.3 is 5.32 Å². The first kappa shape index (κ1) is 12.8. The topological polar surface area (TPSA) is 37.8 Å². The molecule has 0 radical (unpaired) electrons. The fraction of sp³-hybridized carbons (Fsp3) is 0.765. The number of hydrogen-bond donors (Lipinski definition) is 1. The first-order valence-electron chi connectivity index (χ1n) is 8.16. The maximum Gasteiger partial charge on any atom is 0.125 e. The fourth-order valence-electron chi connectivity index (χ4n) is 5.60. The highest BCUT2D eigenvalue weighted by Gasteiger charge is 2.52. The molecule has 1 N–H and O–H groups in total. The van der Waals surface area contributed by atoms with Gasteiger partial charge in [0.15, 0.2) is 0 Å². The van der Waals surface area contributed by atoms with Crippen LogP contribution in [-0.4, -0.2) is 17.0 Å². The van der Waals surface area contributed by atoms with Crippen LogP contribution in [-0.2, 0) is 12.0 Å². The van der Waals surface area contributed by atoms with Crippen LogP contribution in [0.2, 0.25) is 0 Å². The molecule has 1 aromatic heterocycles. The molecule has 108 valence electrons. The zero-order chi connectivity index (χ0) is 13.7. The summed E-state index contributed by atoms with van der Waals surface area (Å²) in [4.78, 5) is 9.44. The van der Waals surface area contributed by atoms with Gasteiger partial charge in [0.05, 0.1) is 11.4 Å². The predicted molar refractivity (Wildman–Crippen MR) is 79.4 cm³/mol. The smallest absolute Gasteiger partial charge is 0.125 e. The van der Waals surface area contributed by atoms with Crippen molar-refractivity contribution < 1.29 is 0 Å². The lowest BCUT2D eigenvalue weighted by Crippen LogP contribution is -2.49. The van der Waals surface area contributed by atoms with Crippen LogP contribution in [0.1, 0.15) is 55.7 Å². The van der Waals surface area contributed by atoms with Gasteiger partial charge in [-0.2, -0.15) is 0 Å². The van der Waals surface area contributed by atoms with E-state index in [1.54, 1.807) is 0 Å². The van der Waals surface area contributed by atoms with Crippen molar-refractivity contribution in [2.75, 3.05) is 7.05 Å². The van der Waals surface area contributed by atoms with Crippen molar-refractivity contribution in [2.24, 2.45) is 17.8 Å². The molecule has 0 saturated heterocycles. The van der Waals surface area contributed by atoms with E-state index in [2.05, 4.69) is 16.4 Å². The summed E-state index contributed by atoms with van der Waals surface area (Å²) < 4.78 is 0. The Kier molecular flexibility index (Phi) is 2.88. The van der Waals surface area contributed by atoms with E-state index in [9.17, 15) is 0 Å². The average molecular weight is 271 g/mol. The van der Waals surface area contributed by atoms with Crippen LogP contribution in [0.15, 0.2) is 6.07 Å². The molecule has 1 heterocycles. The molecule has 0 atom stereocenters. The van der Waals surface area contributed by atoms with Gasteiger partial charge in [-0.15, -0.1) is 0 Å². The zero-order valence-electron chi connectivity index (χ0n) is 12.7. The lowest BCUT2D eigenvalue weighted by atomic mass is 9.49. The second-order valence-corrected chi connectivity index (χ2v) is 7.52. The molecule has 4 aliphatic rings. The van der Waals surface area contributed by atoms with Crippen LogP contribution in [0.3, 0.4) is 0 Å². The van der Waals surface area contributed by atoms with Crippen LogP contribution in [0, 0.1) is 24.7 Å². The highest BCUT2D eigenvalue weighted by molar-refractivity contribution is 5.25. The standard InChI is InChI=1S/C17H25N3/c1-11-19-15(10-18-2)6-16(20-11)17-7-12-3-13(8-17)5-14(4-12)9-17/h6,12-14,18H,3-5,7-10H2,1-2H3. The zero-order valence-corrected chi connectivity index (χ0v) is 12.7. The number of rotatable bonds is 3. The molecule has 3 heteroatoms. The van der Waals surface area contributed by atoms with Crippen molar-refractivity contribution >= 4 is 0 Å².